The van der Waals surface area contributed by atoms with Crippen LogP contribution in [0.1, 0.15) is 33.8 Å². The Hall–Kier alpha value is -2.69. The van der Waals surface area contributed by atoms with Crippen molar-refractivity contribution in [3.05, 3.63) is 71.0 Å². The molecule has 3 rings (SSSR count). The normalized spacial score (nSPS) is 16.2. The Labute approximate surface area is 140 Å². The number of hydrogen-bond donors (Lipinski definition) is 2. The van der Waals surface area contributed by atoms with Gasteiger partial charge in [-0.05, 0) is 35.7 Å². The molecule has 0 bridgehead atoms. The first kappa shape index (κ1) is 16.2. The number of fused-ring (bicyclic) bond motifs is 1. The molecule has 4 nitrogen and oxygen atoms in total. The third-order valence-electron chi connectivity index (χ3n) is 4.25. The van der Waals surface area contributed by atoms with Crippen LogP contribution in [-0.4, -0.2) is 24.9 Å². The average Bonchev–Trinajstić information content (AvgIpc) is 2.61. The van der Waals surface area contributed by atoms with Crippen molar-refractivity contribution in [2.24, 2.45) is 0 Å². The van der Waals surface area contributed by atoms with E-state index in [2.05, 4.69) is 10.6 Å². The van der Waals surface area contributed by atoms with Gasteiger partial charge in [-0.15, -0.1) is 0 Å². The minimum atomic E-state index is -0.277. The lowest BCUT2D eigenvalue weighted by molar-refractivity contribution is -0.121. The fourth-order valence-electron chi connectivity index (χ4n) is 2.90. The molecule has 0 radical (unpaired) electrons. The lowest BCUT2D eigenvalue weighted by Gasteiger charge is -2.25. The van der Waals surface area contributed by atoms with E-state index in [4.69, 9.17) is 0 Å². The van der Waals surface area contributed by atoms with Crippen LogP contribution in [0, 0.1) is 5.82 Å². The first-order valence-corrected chi connectivity index (χ1v) is 8.02. The van der Waals surface area contributed by atoms with E-state index in [-0.39, 0.29) is 23.5 Å². The summed E-state index contributed by atoms with van der Waals surface area (Å²) < 4.78 is 12.9. The zero-order valence-electron chi connectivity index (χ0n) is 13.2. The number of aryl methyl sites for hydroxylation is 1. The third-order valence-corrected chi connectivity index (χ3v) is 4.25. The first-order valence-electron chi connectivity index (χ1n) is 8.02. The van der Waals surface area contributed by atoms with E-state index in [1.165, 1.54) is 12.1 Å². The highest BCUT2D eigenvalue weighted by molar-refractivity contribution is 5.97. The lowest BCUT2D eigenvalue weighted by atomic mass is 9.90. The predicted octanol–water partition coefficient (Wildman–Crippen LogP) is 2.40. The summed E-state index contributed by atoms with van der Waals surface area (Å²) in [5.74, 6) is -0.312. The molecule has 1 atom stereocenters. The van der Waals surface area contributed by atoms with E-state index in [1.54, 1.807) is 18.2 Å². The fraction of sp³-hybridized carbons (Fsp3) is 0.263. The quantitative estimate of drug-likeness (QED) is 0.886. The number of rotatable bonds is 5. The smallest absolute Gasteiger partial charge is 0.251 e. The van der Waals surface area contributed by atoms with Gasteiger partial charge in [0.1, 0.15) is 5.82 Å². The van der Waals surface area contributed by atoms with Crippen LogP contribution >= 0.6 is 0 Å². The van der Waals surface area contributed by atoms with Gasteiger partial charge in [0.2, 0.25) is 5.91 Å². The zero-order chi connectivity index (χ0) is 16.9. The molecule has 0 aliphatic carbocycles. The molecule has 0 spiro atoms. The summed E-state index contributed by atoms with van der Waals surface area (Å²) in [6.45, 7) is 1.01. The minimum absolute atomic E-state index is 0.0475. The second kappa shape index (κ2) is 7.25. The van der Waals surface area contributed by atoms with Crippen LogP contribution in [-0.2, 0) is 11.2 Å². The highest BCUT2D eigenvalue weighted by Gasteiger charge is 2.24. The molecule has 1 heterocycles. The van der Waals surface area contributed by atoms with Gasteiger partial charge < -0.3 is 10.6 Å². The van der Waals surface area contributed by atoms with E-state index in [1.807, 2.05) is 18.2 Å². The van der Waals surface area contributed by atoms with Gasteiger partial charge in [-0.1, -0.05) is 30.3 Å². The van der Waals surface area contributed by atoms with Gasteiger partial charge in [-0.2, -0.15) is 0 Å². The van der Waals surface area contributed by atoms with Gasteiger partial charge in [0.25, 0.3) is 5.91 Å². The van der Waals surface area contributed by atoms with Crippen molar-refractivity contribution >= 4 is 11.8 Å². The van der Waals surface area contributed by atoms with E-state index in [0.717, 1.165) is 11.1 Å². The molecule has 0 saturated heterocycles. The molecular weight excluding hydrogens is 307 g/mol. The number of carbonyl (C=O) groups excluding carboxylic acids is 2. The molecule has 1 aliphatic heterocycles. The number of benzene rings is 2. The molecule has 1 aliphatic rings. The molecule has 1 unspecified atom stereocenters. The Kier molecular flexibility index (Phi) is 4.89. The van der Waals surface area contributed by atoms with Gasteiger partial charge in [-0.3, -0.25) is 9.59 Å². The third kappa shape index (κ3) is 3.79. The SMILES string of the molecule is O=C(CCc1ccc(F)cc1)NCC1CNC(=O)c2ccccc21. The van der Waals surface area contributed by atoms with Gasteiger partial charge >= 0.3 is 0 Å². The summed E-state index contributed by atoms with van der Waals surface area (Å²) >= 11 is 0. The summed E-state index contributed by atoms with van der Waals surface area (Å²) in [5.41, 5.74) is 2.58. The van der Waals surface area contributed by atoms with Crippen LogP contribution in [0.25, 0.3) is 0 Å². The molecule has 2 aromatic rings. The molecule has 0 saturated carbocycles. The summed E-state index contributed by atoms with van der Waals surface area (Å²) in [5, 5.41) is 5.77. The van der Waals surface area contributed by atoms with Crippen LogP contribution in [0.5, 0.6) is 0 Å². The van der Waals surface area contributed by atoms with Gasteiger partial charge in [-0.25, -0.2) is 4.39 Å². The summed E-state index contributed by atoms with van der Waals surface area (Å²) in [4.78, 5) is 23.9. The van der Waals surface area contributed by atoms with Gasteiger partial charge in [0, 0.05) is 31.0 Å². The number of halogens is 1. The van der Waals surface area contributed by atoms with Crippen LogP contribution in [0.2, 0.25) is 0 Å². The molecule has 124 valence electrons. The van der Waals surface area contributed by atoms with Crippen molar-refractivity contribution < 1.29 is 14.0 Å². The van der Waals surface area contributed by atoms with Crippen molar-refractivity contribution in [1.82, 2.24) is 10.6 Å². The molecule has 0 aromatic heterocycles. The monoisotopic (exact) mass is 326 g/mol. The Morgan fingerprint density at radius 1 is 1.17 bits per heavy atom. The molecule has 5 heteroatoms. The number of nitrogens with one attached hydrogen (secondary N) is 2. The maximum atomic E-state index is 12.9. The maximum Gasteiger partial charge on any atom is 0.251 e. The van der Waals surface area contributed by atoms with Crippen molar-refractivity contribution in [2.45, 2.75) is 18.8 Å². The highest BCUT2D eigenvalue weighted by Crippen LogP contribution is 2.23. The van der Waals surface area contributed by atoms with Crippen LogP contribution in [0.15, 0.2) is 48.5 Å². The first-order chi connectivity index (χ1) is 11.6. The second-order valence-corrected chi connectivity index (χ2v) is 5.92. The van der Waals surface area contributed by atoms with Crippen molar-refractivity contribution in [3.8, 4) is 0 Å². The van der Waals surface area contributed by atoms with E-state index >= 15 is 0 Å². The molecule has 2 N–H and O–H groups in total. The van der Waals surface area contributed by atoms with E-state index in [0.29, 0.717) is 31.5 Å². The Morgan fingerprint density at radius 3 is 2.71 bits per heavy atom. The zero-order valence-corrected chi connectivity index (χ0v) is 13.2. The summed E-state index contributed by atoms with van der Waals surface area (Å²) in [7, 11) is 0. The van der Waals surface area contributed by atoms with Crippen LogP contribution in [0.3, 0.4) is 0 Å². The largest absolute Gasteiger partial charge is 0.355 e. The summed E-state index contributed by atoms with van der Waals surface area (Å²) in [6, 6.07) is 13.6. The average molecular weight is 326 g/mol. The second-order valence-electron chi connectivity index (χ2n) is 5.92. The minimum Gasteiger partial charge on any atom is -0.355 e. The van der Waals surface area contributed by atoms with Gasteiger partial charge in [0.05, 0.1) is 0 Å². The Bertz CT molecular complexity index is 743. The molecule has 0 fully saturated rings. The number of hydrogen-bond acceptors (Lipinski definition) is 2. The maximum absolute atomic E-state index is 12.9. The molecule has 2 aromatic carbocycles. The Balaban J connectivity index is 1.52. The summed E-state index contributed by atoms with van der Waals surface area (Å²) in [6.07, 6.45) is 0.927. The molecular formula is C19H19FN2O2. The van der Waals surface area contributed by atoms with Crippen molar-refractivity contribution in [1.29, 1.82) is 0 Å². The molecule has 24 heavy (non-hydrogen) atoms. The number of amides is 2. The predicted molar refractivity (Wildman–Crippen MR) is 89.2 cm³/mol. The lowest BCUT2D eigenvalue weighted by Crippen LogP contribution is -2.40. The van der Waals surface area contributed by atoms with E-state index in [9.17, 15) is 14.0 Å². The van der Waals surface area contributed by atoms with Gasteiger partial charge in [0.15, 0.2) is 0 Å². The topological polar surface area (TPSA) is 58.2 Å². The van der Waals surface area contributed by atoms with Crippen LogP contribution in [0.4, 0.5) is 4.39 Å². The molecule has 2 amide bonds. The highest BCUT2D eigenvalue weighted by atomic mass is 19.1. The van der Waals surface area contributed by atoms with Crippen molar-refractivity contribution in [2.75, 3.05) is 13.1 Å². The van der Waals surface area contributed by atoms with Crippen LogP contribution < -0.4 is 10.6 Å². The Morgan fingerprint density at radius 2 is 1.92 bits per heavy atom. The van der Waals surface area contributed by atoms with Crippen molar-refractivity contribution in [3.63, 3.8) is 0 Å². The fourth-order valence-corrected chi connectivity index (χ4v) is 2.90. The van der Waals surface area contributed by atoms with E-state index < -0.39 is 0 Å². The number of carbonyl (C=O) groups is 2. The standard InChI is InChI=1S/C19H19FN2O2/c20-15-8-5-13(6-9-15)7-10-18(23)21-11-14-12-22-19(24)17-4-2-1-3-16(14)17/h1-6,8-9,14H,7,10-12H2,(H,21,23)(H,22,24).